The minimum atomic E-state index is -1.21. The van der Waals surface area contributed by atoms with Crippen LogP contribution in [0, 0.1) is 0 Å². The van der Waals surface area contributed by atoms with E-state index in [2.05, 4.69) is 10.3 Å². The van der Waals surface area contributed by atoms with E-state index in [9.17, 15) is 14.7 Å². The Balaban J connectivity index is 1.96. The quantitative estimate of drug-likeness (QED) is 0.695. The van der Waals surface area contributed by atoms with Crippen molar-refractivity contribution in [3.05, 3.63) is 54.1 Å². The van der Waals surface area contributed by atoms with Crippen LogP contribution in [0.2, 0.25) is 0 Å². The number of nitrogens with zero attached hydrogens (tertiary/aromatic N) is 1. The standard InChI is InChI=1S/C20H20N2O4/c1-20(2,3)26-19(25)22-17(18(23)24)13-8-9-16-14(11-13)10-12-6-4-5-7-15(12)21-16/h4-11,17H,1-3H3,(H,22,25)(H,23,24). The van der Waals surface area contributed by atoms with Gasteiger partial charge in [-0.2, -0.15) is 0 Å². The van der Waals surface area contributed by atoms with Gasteiger partial charge in [0.2, 0.25) is 0 Å². The summed E-state index contributed by atoms with van der Waals surface area (Å²) in [6.07, 6.45) is -0.776. The molecule has 0 fully saturated rings. The minimum absolute atomic E-state index is 0.452. The summed E-state index contributed by atoms with van der Waals surface area (Å²) in [7, 11) is 0. The lowest BCUT2D eigenvalue weighted by Gasteiger charge is -2.22. The number of hydrogen-bond donors (Lipinski definition) is 2. The largest absolute Gasteiger partial charge is 0.479 e. The number of carbonyl (C=O) groups is 2. The molecule has 1 atom stereocenters. The number of benzene rings is 2. The highest BCUT2D eigenvalue weighted by molar-refractivity contribution is 5.93. The first-order valence-corrected chi connectivity index (χ1v) is 8.25. The third-order valence-electron chi connectivity index (χ3n) is 3.78. The van der Waals surface area contributed by atoms with E-state index < -0.39 is 23.7 Å². The van der Waals surface area contributed by atoms with Crippen molar-refractivity contribution in [3.8, 4) is 0 Å². The van der Waals surface area contributed by atoms with Crippen molar-refractivity contribution >= 4 is 33.9 Å². The van der Waals surface area contributed by atoms with E-state index in [4.69, 9.17) is 4.74 Å². The highest BCUT2D eigenvalue weighted by atomic mass is 16.6. The Morgan fingerprint density at radius 1 is 1.04 bits per heavy atom. The number of para-hydroxylation sites is 1. The van der Waals surface area contributed by atoms with Gasteiger partial charge in [0.15, 0.2) is 6.04 Å². The van der Waals surface area contributed by atoms with Crippen LogP contribution in [0.1, 0.15) is 32.4 Å². The van der Waals surface area contributed by atoms with Crippen LogP contribution < -0.4 is 5.32 Å². The van der Waals surface area contributed by atoms with Crippen molar-refractivity contribution in [2.75, 3.05) is 0 Å². The van der Waals surface area contributed by atoms with Crippen LogP contribution in [0.15, 0.2) is 48.5 Å². The van der Waals surface area contributed by atoms with Gasteiger partial charge < -0.3 is 15.2 Å². The number of nitrogens with one attached hydrogen (secondary N) is 1. The van der Waals surface area contributed by atoms with Gasteiger partial charge in [0.1, 0.15) is 5.60 Å². The van der Waals surface area contributed by atoms with E-state index in [1.165, 1.54) is 0 Å². The van der Waals surface area contributed by atoms with Crippen LogP contribution in [0.3, 0.4) is 0 Å². The second-order valence-corrected chi connectivity index (χ2v) is 7.05. The van der Waals surface area contributed by atoms with Crippen molar-refractivity contribution in [2.45, 2.75) is 32.4 Å². The smallest absolute Gasteiger partial charge is 0.408 e. The molecule has 0 saturated carbocycles. The molecule has 0 saturated heterocycles. The highest BCUT2D eigenvalue weighted by Crippen LogP contribution is 2.24. The minimum Gasteiger partial charge on any atom is -0.479 e. The zero-order valence-electron chi connectivity index (χ0n) is 14.8. The SMILES string of the molecule is CC(C)(C)OC(=O)NC(C(=O)O)c1ccc2nc3ccccc3cc2c1. The second-order valence-electron chi connectivity index (χ2n) is 7.05. The fraction of sp³-hybridized carbons (Fsp3) is 0.250. The molecule has 26 heavy (non-hydrogen) atoms. The molecule has 1 unspecified atom stereocenters. The molecule has 1 amide bonds. The summed E-state index contributed by atoms with van der Waals surface area (Å²) in [6.45, 7) is 5.15. The van der Waals surface area contributed by atoms with E-state index in [0.29, 0.717) is 5.56 Å². The van der Waals surface area contributed by atoms with Gasteiger partial charge in [0, 0.05) is 10.8 Å². The second kappa shape index (κ2) is 6.63. The van der Waals surface area contributed by atoms with Crippen LogP contribution in [0.5, 0.6) is 0 Å². The molecule has 134 valence electrons. The van der Waals surface area contributed by atoms with Crippen LogP contribution >= 0.6 is 0 Å². The Labute approximate surface area is 150 Å². The van der Waals surface area contributed by atoms with Crippen molar-refractivity contribution in [1.29, 1.82) is 0 Å². The van der Waals surface area contributed by atoms with Crippen LogP contribution in [-0.2, 0) is 9.53 Å². The van der Waals surface area contributed by atoms with Crippen LogP contribution in [0.25, 0.3) is 21.8 Å². The number of ether oxygens (including phenoxy) is 1. The number of aromatic nitrogens is 1. The van der Waals surface area contributed by atoms with E-state index in [-0.39, 0.29) is 0 Å². The number of carboxylic acid groups (broad SMARTS) is 1. The Hall–Kier alpha value is -3.15. The third-order valence-corrected chi connectivity index (χ3v) is 3.78. The van der Waals surface area contributed by atoms with Crippen molar-refractivity contribution in [3.63, 3.8) is 0 Å². The Bertz CT molecular complexity index is 992. The summed E-state index contributed by atoms with van der Waals surface area (Å²) in [5.41, 5.74) is 1.37. The molecule has 2 N–H and O–H groups in total. The molecule has 1 heterocycles. The molecule has 0 spiro atoms. The van der Waals surface area contributed by atoms with E-state index >= 15 is 0 Å². The first-order chi connectivity index (χ1) is 12.2. The van der Waals surface area contributed by atoms with E-state index in [1.54, 1.807) is 39.0 Å². The lowest BCUT2D eigenvalue weighted by molar-refractivity contribution is -0.139. The molecular formula is C20H20N2O4. The molecule has 6 nitrogen and oxygen atoms in total. The summed E-state index contributed by atoms with van der Waals surface area (Å²) >= 11 is 0. The summed E-state index contributed by atoms with van der Waals surface area (Å²) in [5, 5.41) is 13.7. The van der Waals surface area contributed by atoms with Crippen molar-refractivity contribution < 1.29 is 19.4 Å². The summed E-state index contributed by atoms with van der Waals surface area (Å²) < 4.78 is 5.16. The Morgan fingerprint density at radius 3 is 2.42 bits per heavy atom. The molecule has 3 rings (SSSR count). The molecule has 0 aliphatic heterocycles. The molecule has 3 aromatic rings. The Morgan fingerprint density at radius 2 is 1.73 bits per heavy atom. The number of rotatable bonds is 3. The normalized spacial score (nSPS) is 12.7. The molecule has 6 heteroatoms. The zero-order valence-corrected chi connectivity index (χ0v) is 14.8. The fourth-order valence-corrected chi connectivity index (χ4v) is 2.69. The molecule has 0 bridgehead atoms. The summed E-state index contributed by atoms with van der Waals surface area (Å²) in [6, 6.07) is 13.6. The first kappa shape index (κ1) is 17.7. The molecule has 0 aliphatic carbocycles. The number of carbonyl (C=O) groups excluding carboxylic acids is 1. The van der Waals surface area contributed by atoms with Crippen molar-refractivity contribution in [2.24, 2.45) is 0 Å². The maximum Gasteiger partial charge on any atom is 0.408 e. The van der Waals surface area contributed by atoms with Gasteiger partial charge in [-0.05, 0) is 50.6 Å². The lowest BCUT2D eigenvalue weighted by atomic mass is 10.0. The van der Waals surface area contributed by atoms with Gasteiger partial charge in [0.05, 0.1) is 11.0 Å². The molecular weight excluding hydrogens is 332 g/mol. The molecule has 0 radical (unpaired) electrons. The number of amides is 1. The van der Waals surface area contributed by atoms with Gasteiger partial charge >= 0.3 is 12.1 Å². The zero-order chi connectivity index (χ0) is 18.9. The van der Waals surface area contributed by atoms with E-state index in [1.807, 2.05) is 30.3 Å². The van der Waals surface area contributed by atoms with Gasteiger partial charge in [0.25, 0.3) is 0 Å². The maximum atomic E-state index is 12.0. The first-order valence-electron chi connectivity index (χ1n) is 8.25. The average molecular weight is 352 g/mol. The summed E-state index contributed by atoms with van der Waals surface area (Å²) in [4.78, 5) is 28.2. The predicted octanol–water partition coefficient (Wildman–Crippen LogP) is 4.04. The average Bonchev–Trinajstić information content (AvgIpc) is 2.55. The Kier molecular flexibility index (Phi) is 4.50. The summed E-state index contributed by atoms with van der Waals surface area (Å²) in [5.74, 6) is -1.16. The van der Waals surface area contributed by atoms with Gasteiger partial charge in [-0.1, -0.05) is 24.3 Å². The topological polar surface area (TPSA) is 88.5 Å². The number of alkyl carbamates (subject to hydrolysis) is 1. The fourth-order valence-electron chi connectivity index (χ4n) is 2.69. The highest BCUT2D eigenvalue weighted by Gasteiger charge is 2.25. The molecule has 0 aliphatic rings. The van der Waals surface area contributed by atoms with Crippen LogP contribution in [-0.4, -0.2) is 27.8 Å². The van der Waals surface area contributed by atoms with Crippen molar-refractivity contribution in [1.82, 2.24) is 10.3 Å². The lowest BCUT2D eigenvalue weighted by Crippen LogP contribution is -2.38. The number of pyridine rings is 1. The number of hydrogen-bond acceptors (Lipinski definition) is 4. The maximum absolute atomic E-state index is 12.0. The van der Waals surface area contributed by atoms with E-state index in [0.717, 1.165) is 21.8 Å². The van der Waals surface area contributed by atoms with Crippen LogP contribution in [0.4, 0.5) is 4.79 Å². The molecule has 1 aromatic heterocycles. The molecule has 2 aromatic carbocycles. The van der Waals surface area contributed by atoms with Gasteiger partial charge in [-0.3, -0.25) is 0 Å². The number of aliphatic carboxylic acids is 1. The third kappa shape index (κ3) is 3.91. The predicted molar refractivity (Wildman–Crippen MR) is 99.0 cm³/mol. The number of carboxylic acids is 1. The van der Waals surface area contributed by atoms with Gasteiger partial charge in [-0.15, -0.1) is 0 Å². The number of fused-ring (bicyclic) bond motifs is 2. The van der Waals surface area contributed by atoms with Gasteiger partial charge in [-0.25, -0.2) is 14.6 Å². The monoisotopic (exact) mass is 352 g/mol.